The highest BCUT2D eigenvalue weighted by molar-refractivity contribution is 5.43. The number of rotatable bonds is 7. The van der Waals surface area contributed by atoms with Gasteiger partial charge in [0.15, 0.2) is 11.5 Å². The molecule has 0 aliphatic carbocycles. The minimum absolute atomic E-state index is 0.295. The standard InChI is InChI=1S/C20H25NO3/c1-15(22)11-18(17-5-3-2-4-6-17)14-21-13-16-7-8-19-20(12-16)24-10-9-23-19/h2-8,12,15,18,21-22H,9-11,13-14H2,1H3. The molecular weight excluding hydrogens is 302 g/mol. The molecule has 4 nitrogen and oxygen atoms in total. The first kappa shape index (κ1) is 16.8. The first-order valence-electron chi connectivity index (χ1n) is 8.54. The summed E-state index contributed by atoms with van der Waals surface area (Å²) < 4.78 is 11.2. The van der Waals surface area contributed by atoms with Gasteiger partial charge in [-0.05, 0) is 42.5 Å². The van der Waals surface area contributed by atoms with Gasteiger partial charge in [-0.1, -0.05) is 36.4 Å². The molecule has 0 radical (unpaired) electrons. The van der Waals surface area contributed by atoms with Crippen molar-refractivity contribution in [3.05, 3.63) is 59.7 Å². The van der Waals surface area contributed by atoms with Gasteiger partial charge in [-0.2, -0.15) is 0 Å². The smallest absolute Gasteiger partial charge is 0.161 e. The second-order valence-electron chi connectivity index (χ2n) is 6.30. The Morgan fingerprint density at radius 1 is 1.04 bits per heavy atom. The monoisotopic (exact) mass is 327 g/mol. The van der Waals surface area contributed by atoms with Crippen molar-refractivity contribution in [2.45, 2.75) is 31.9 Å². The predicted molar refractivity (Wildman–Crippen MR) is 94.6 cm³/mol. The molecule has 24 heavy (non-hydrogen) atoms. The summed E-state index contributed by atoms with van der Waals surface area (Å²) in [5.74, 6) is 1.94. The summed E-state index contributed by atoms with van der Waals surface area (Å²) >= 11 is 0. The van der Waals surface area contributed by atoms with E-state index in [1.165, 1.54) is 11.1 Å². The Morgan fingerprint density at radius 3 is 2.54 bits per heavy atom. The Labute approximate surface area is 143 Å². The Balaban J connectivity index is 1.59. The van der Waals surface area contributed by atoms with E-state index in [1.807, 2.05) is 37.3 Å². The summed E-state index contributed by atoms with van der Waals surface area (Å²) in [5.41, 5.74) is 2.43. The van der Waals surface area contributed by atoms with Gasteiger partial charge in [-0.25, -0.2) is 0 Å². The summed E-state index contributed by atoms with van der Waals surface area (Å²) in [6.45, 7) is 4.65. The summed E-state index contributed by atoms with van der Waals surface area (Å²) in [7, 11) is 0. The topological polar surface area (TPSA) is 50.7 Å². The Hall–Kier alpha value is -2.04. The van der Waals surface area contributed by atoms with Crippen LogP contribution in [-0.4, -0.2) is 31.0 Å². The van der Waals surface area contributed by atoms with E-state index >= 15 is 0 Å². The largest absolute Gasteiger partial charge is 0.486 e. The van der Waals surface area contributed by atoms with Crippen LogP contribution in [0.2, 0.25) is 0 Å². The quantitative estimate of drug-likeness (QED) is 0.820. The maximum Gasteiger partial charge on any atom is 0.161 e. The van der Waals surface area contributed by atoms with Gasteiger partial charge in [0.2, 0.25) is 0 Å². The number of benzene rings is 2. The fraction of sp³-hybridized carbons (Fsp3) is 0.400. The van der Waals surface area contributed by atoms with Gasteiger partial charge in [0, 0.05) is 13.1 Å². The summed E-state index contributed by atoms with van der Waals surface area (Å²) in [6.07, 6.45) is 0.435. The molecule has 2 aromatic rings. The van der Waals surface area contributed by atoms with Crippen LogP contribution in [0.15, 0.2) is 48.5 Å². The zero-order valence-electron chi connectivity index (χ0n) is 14.1. The highest BCUT2D eigenvalue weighted by atomic mass is 16.6. The van der Waals surface area contributed by atoms with Gasteiger partial charge in [-0.3, -0.25) is 0 Å². The molecule has 2 atom stereocenters. The second kappa shape index (κ2) is 8.18. The molecule has 0 bridgehead atoms. The van der Waals surface area contributed by atoms with Crippen molar-refractivity contribution < 1.29 is 14.6 Å². The van der Waals surface area contributed by atoms with Crippen LogP contribution in [0.3, 0.4) is 0 Å². The van der Waals surface area contributed by atoms with Gasteiger partial charge < -0.3 is 19.9 Å². The number of aliphatic hydroxyl groups is 1. The number of ether oxygens (including phenoxy) is 2. The van der Waals surface area contributed by atoms with E-state index in [4.69, 9.17) is 9.47 Å². The number of nitrogens with one attached hydrogen (secondary N) is 1. The number of hydrogen-bond donors (Lipinski definition) is 2. The van der Waals surface area contributed by atoms with Crippen LogP contribution >= 0.6 is 0 Å². The Bertz CT molecular complexity index is 643. The molecule has 2 aromatic carbocycles. The van der Waals surface area contributed by atoms with E-state index < -0.39 is 0 Å². The molecule has 0 saturated heterocycles. The number of hydrogen-bond acceptors (Lipinski definition) is 4. The van der Waals surface area contributed by atoms with E-state index in [9.17, 15) is 5.11 Å². The first-order valence-corrected chi connectivity index (χ1v) is 8.54. The molecule has 2 unspecified atom stereocenters. The SMILES string of the molecule is CC(O)CC(CNCc1ccc2c(c1)OCCO2)c1ccccc1. The number of fused-ring (bicyclic) bond motifs is 1. The Kier molecular flexibility index (Phi) is 5.72. The normalized spacial score (nSPS) is 15.8. The molecule has 0 saturated carbocycles. The zero-order valence-corrected chi connectivity index (χ0v) is 14.1. The van der Waals surface area contributed by atoms with E-state index in [2.05, 4.69) is 23.5 Å². The van der Waals surface area contributed by atoms with Crippen molar-refractivity contribution in [1.82, 2.24) is 5.32 Å². The Morgan fingerprint density at radius 2 is 1.79 bits per heavy atom. The third-order valence-electron chi connectivity index (χ3n) is 4.22. The van der Waals surface area contributed by atoms with Crippen molar-refractivity contribution in [1.29, 1.82) is 0 Å². The lowest BCUT2D eigenvalue weighted by Crippen LogP contribution is -2.24. The van der Waals surface area contributed by atoms with Crippen LogP contribution in [-0.2, 0) is 6.54 Å². The van der Waals surface area contributed by atoms with E-state index in [0.717, 1.165) is 31.0 Å². The van der Waals surface area contributed by atoms with Crippen LogP contribution in [0, 0.1) is 0 Å². The molecule has 128 valence electrons. The lowest BCUT2D eigenvalue weighted by atomic mass is 9.93. The molecule has 3 rings (SSSR count). The maximum atomic E-state index is 9.77. The molecule has 1 heterocycles. The van der Waals surface area contributed by atoms with Crippen LogP contribution < -0.4 is 14.8 Å². The fourth-order valence-corrected chi connectivity index (χ4v) is 3.06. The molecule has 0 aromatic heterocycles. The van der Waals surface area contributed by atoms with Gasteiger partial charge >= 0.3 is 0 Å². The van der Waals surface area contributed by atoms with Crippen molar-refractivity contribution in [3.63, 3.8) is 0 Å². The van der Waals surface area contributed by atoms with E-state index in [-0.39, 0.29) is 6.10 Å². The second-order valence-corrected chi connectivity index (χ2v) is 6.30. The van der Waals surface area contributed by atoms with Gasteiger partial charge in [0.1, 0.15) is 13.2 Å². The third-order valence-corrected chi connectivity index (χ3v) is 4.22. The average molecular weight is 327 g/mol. The molecule has 0 spiro atoms. The van der Waals surface area contributed by atoms with Crippen LogP contribution in [0.5, 0.6) is 11.5 Å². The number of aliphatic hydroxyl groups excluding tert-OH is 1. The molecule has 2 N–H and O–H groups in total. The highest BCUT2D eigenvalue weighted by Crippen LogP contribution is 2.30. The average Bonchev–Trinajstić information content (AvgIpc) is 2.61. The zero-order chi connectivity index (χ0) is 16.8. The minimum Gasteiger partial charge on any atom is -0.486 e. The predicted octanol–water partition coefficient (Wildman–Crippen LogP) is 3.10. The van der Waals surface area contributed by atoms with Crippen molar-refractivity contribution >= 4 is 0 Å². The van der Waals surface area contributed by atoms with Crippen molar-refractivity contribution in [2.24, 2.45) is 0 Å². The molecule has 0 fully saturated rings. The molecule has 4 heteroatoms. The maximum absolute atomic E-state index is 9.77. The first-order chi connectivity index (χ1) is 11.7. The van der Waals surface area contributed by atoms with Crippen LogP contribution in [0.1, 0.15) is 30.4 Å². The fourth-order valence-electron chi connectivity index (χ4n) is 3.06. The molecular formula is C20H25NO3. The van der Waals surface area contributed by atoms with Crippen molar-refractivity contribution in [3.8, 4) is 11.5 Å². The molecule has 1 aliphatic heterocycles. The summed E-state index contributed by atoms with van der Waals surface area (Å²) in [5, 5.41) is 13.3. The van der Waals surface area contributed by atoms with Crippen molar-refractivity contribution in [2.75, 3.05) is 19.8 Å². The molecule has 0 amide bonds. The summed E-state index contributed by atoms with van der Waals surface area (Å²) in [4.78, 5) is 0. The van der Waals surface area contributed by atoms with E-state index in [0.29, 0.717) is 19.1 Å². The van der Waals surface area contributed by atoms with Gasteiger partial charge in [0.05, 0.1) is 6.10 Å². The lowest BCUT2D eigenvalue weighted by molar-refractivity contribution is 0.171. The van der Waals surface area contributed by atoms with E-state index in [1.54, 1.807) is 0 Å². The third kappa shape index (κ3) is 4.49. The van der Waals surface area contributed by atoms with Gasteiger partial charge in [0.25, 0.3) is 0 Å². The van der Waals surface area contributed by atoms with Gasteiger partial charge in [-0.15, -0.1) is 0 Å². The highest BCUT2D eigenvalue weighted by Gasteiger charge is 2.15. The van der Waals surface area contributed by atoms with Crippen LogP contribution in [0.25, 0.3) is 0 Å². The summed E-state index contributed by atoms with van der Waals surface area (Å²) in [6, 6.07) is 16.4. The minimum atomic E-state index is -0.314. The molecule has 1 aliphatic rings. The lowest BCUT2D eigenvalue weighted by Gasteiger charge is -2.21. The van der Waals surface area contributed by atoms with Crippen LogP contribution in [0.4, 0.5) is 0 Å².